The van der Waals surface area contributed by atoms with E-state index in [4.69, 9.17) is 21.6 Å². The second kappa shape index (κ2) is 5.85. The van der Waals surface area contributed by atoms with Crippen LogP contribution in [0.4, 0.5) is 0 Å². The number of carbonyl (C=O) groups is 1. The summed E-state index contributed by atoms with van der Waals surface area (Å²) in [5.74, 6) is 0.0147. The average molecular weight is 265 g/mol. The minimum atomic E-state index is -0.507. The van der Waals surface area contributed by atoms with Crippen LogP contribution in [0.5, 0.6) is 0 Å². The van der Waals surface area contributed by atoms with Gasteiger partial charge in [-0.3, -0.25) is 4.79 Å². The normalized spacial score (nSPS) is 19.3. The average Bonchev–Trinajstić information content (AvgIpc) is 2.41. The van der Waals surface area contributed by atoms with Gasteiger partial charge in [0.1, 0.15) is 0 Å². The van der Waals surface area contributed by atoms with Gasteiger partial charge in [0, 0.05) is 11.6 Å². The van der Waals surface area contributed by atoms with Gasteiger partial charge in [0.15, 0.2) is 6.10 Å². The van der Waals surface area contributed by atoms with Crippen LogP contribution in [0.1, 0.15) is 5.56 Å². The fourth-order valence-electron chi connectivity index (χ4n) is 1.84. The summed E-state index contributed by atoms with van der Waals surface area (Å²) >= 11 is 5.79. The van der Waals surface area contributed by atoms with Gasteiger partial charge in [-0.2, -0.15) is 5.26 Å². The minimum Gasteiger partial charge on any atom is -0.360 e. The molecular formula is C13H13ClN2O2. The Balaban J connectivity index is 1.95. The zero-order valence-electron chi connectivity index (χ0n) is 9.80. The number of hydrogen-bond acceptors (Lipinski definition) is 3. The highest BCUT2D eigenvalue weighted by Gasteiger charge is 2.23. The van der Waals surface area contributed by atoms with Crippen LogP contribution >= 0.6 is 11.6 Å². The van der Waals surface area contributed by atoms with E-state index >= 15 is 0 Å². The highest BCUT2D eigenvalue weighted by Crippen LogP contribution is 2.12. The number of carbonyl (C=O) groups excluding carboxylic acids is 1. The third-order valence-electron chi connectivity index (χ3n) is 2.83. The minimum absolute atomic E-state index is 0.0147. The van der Waals surface area contributed by atoms with Crippen LogP contribution in [0.25, 0.3) is 0 Å². The predicted molar refractivity (Wildman–Crippen MR) is 67.1 cm³/mol. The molecule has 0 saturated carbocycles. The van der Waals surface area contributed by atoms with Crippen molar-refractivity contribution in [3.63, 3.8) is 0 Å². The maximum Gasteiger partial charge on any atom is 0.227 e. The molecule has 0 N–H and O–H groups in total. The van der Waals surface area contributed by atoms with Crippen LogP contribution in [-0.4, -0.2) is 36.6 Å². The van der Waals surface area contributed by atoms with E-state index in [1.807, 2.05) is 18.2 Å². The van der Waals surface area contributed by atoms with Crippen LogP contribution < -0.4 is 0 Å². The van der Waals surface area contributed by atoms with Gasteiger partial charge < -0.3 is 9.64 Å². The molecule has 1 aromatic rings. The molecule has 1 aliphatic rings. The van der Waals surface area contributed by atoms with E-state index in [2.05, 4.69) is 0 Å². The van der Waals surface area contributed by atoms with Gasteiger partial charge in [0.2, 0.25) is 5.91 Å². The number of ether oxygens (including phenoxy) is 1. The second-order valence-electron chi connectivity index (χ2n) is 4.13. The number of hydrogen-bond donors (Lipinski definition) is 0. The molecule has 0 radical (unpaired) electrons. The molecule has 1 aromatic carbocycles. The SMILES string of the molecule is N#CC1CN(C(=O)Cc2ccc(Cl)cc2)CCO1. The topological polar surface area (TPSA) is 53.3 Å². The summed E-state index contributed by atoms with van der Waals surface area (Å²) < 4.78 is 5.20. The first-order valence-electron chi connectivity index (χ1n) is 5.72. The van der Waals surface area contributed by atoms with E-state index in [1.54, 1.807) is 17.0 Å². The zero-order valence-corrected chi connectivity index (χ0v) is 10.6. The molecule has 1 atom stereocenters. The van der Waals surface area contributed by atoms with Gasteiger partial charge in [0.05, 0.1) is 25.6 Å². The first kappa shape index (κ1) is 12.9. The Bertz CT molecular complexity index is 467. The summed E-state index contributed by atoms with van der Waals surface area (Å²) in [6.07, 6.45) is -0.178. The number of amides is 1. The van der Waals surface area contributed by atoms with Crippen LogP contribution in [0.3, 0.4) is 0 Å². The van der Waals surface area contributed by atoms with E-state index in [0.717, 1.165) is 5.56 Å². The number of rotatable bonds is 2. The van der Waals surface area contributed by atoms with Crippen LogP contribution in [0.15, 0.2) is 24.3 Å². The highest BCUT2D eigenvalue weighted by molar-refractivity contribution is 6.30. The molecule has 1 amide bonds. The molecule has 4 nitrogen and oxygen atoms in total. The lowest BCUT2D eigenvalue weighted by Crippen LogP contribution is -2.45. The Labute approximate surface area is 111 Å². The summed E-state index contributed by atoms with van der Waals surface area (Å²) in [5.41, 5.74) is 0.921. The maximum absolute atomic E-state index is 12.0. The zero-order chi connectivity index (χ0) is 13.0. The maximum atomic E-state index is 12.0. The van der Waals surface area contributed by atoms with Crippen molar-refractivity contribution in [2.24, 2.45) is 0 Å². The van der Waals surface area contributed by atoms with Crippen LogP contribution in [0.2, 0.25) is 5.02 Å². The van der Waals surface area contributed by atoms with Gasteiger partial charge in [-0.15, -0.1) is 0 Å². The van der Waals surface area contributed by atoms with Gasteiger partial charge in [-0.25, -0.2) is 0 Å². The number of benzene rings is 1. The Morgan fingerprint density at radius 2 is 2.22 bits per heavy atom. The van der Waals surface area contributed by atoms with Gasteiger partial charge >= 0.3 is 0 Å². The number of nitrogens with zero attached hydrogens (tertiary/aromatic N) is 2. The fourth-order valence-corrected chi connectivity index (χ4v) is 1.97. The van der Waals surface area contributed by atoms with Gasteiger partial charge in [-0.05, 0) is 17.7 Å². The summed E-state index contributed by atoms with van der Waals surface area (Å²) in [7, 11) is 0. The predicted octanol–water partition coefficient (Wildman–Crippen LogP) is 1.63. The van der Waals surface area contributed by atoms with Crippen LogP contribution in [0, 0.1) is 11.3 Å². The van der Waals surface area contributed by atoms with Crippen molar-refractivity contribution in [2.45, 2.75) is 12.5 Å². The first-order chi connectivity index (χ1) is 8.69. The molecule has 1 fully saturated rings. The van der Waals surface area contributed by atoms with E-state index in [-0.39, 0.29) is 5.91 Å². The van der Waals surface area contributed by atoms with Crippen molar-refractivity contribution in [1.82, 2.24) is 4.90 Å². The van der Waals surface area contributed by atoms with Crippen LogP contribution in [-0.2, 0) is 16.0 Å². The Kier molecular flexibility index (Phi) is 4.19. The van der Waals surface area contributed by atoms with Gasteiger partial charge in [0.25, 0.3) is 0 Å². The Hall–Kier alpha value is -1.57. The molecule has 0 bridgehead atoms. The molecular weight excluding hydrogens is 252 g/mol. The third kappa shape index (κ3) is 3.22. The largest absolute Gasteiger partial charge is 0.360 e. The van der Waals surface area contributed by atoms with E-state index in [9.17, 15) is 4.79 Å². The smallest absolute Gasteiger partial charge is 0.227 e. The van der Waals surface area contributed by atoms with Crippen molar-refractivity contribution < 1.29 is 9.53 Å². The lowest BCUT2D eigenvalue weighted by Gasteiger charge is -2.29. The number of nitriles is 1. The standard InChI is InChI=1S/C13H13ClN2O2/c14-11-3-1-10(2-4-11)7-13(17)16-5-6-18-12(8-15)9-16/h1-4,12H,5-7,9H2. The summed E-state index contributed by atoms with van der Waals surface area (Å²) in [6, 6.07) is 9.23. The summed E-state index contributed by atoms with van der Waals surface area (Å²) in [5, 5.41) is 9.44. The van der Waals surface area contributed by atoms with E-state index < -0.39 is 6.10 Å². The molecule has 0 aromatic heterocycles. The Morgan fingerprint density at radius 1 is 1.50 bits per heavy atom. The lowest BCUT2D eigenvalue weighted by atomic mass is 10.1. The molecule has 18 heavy (non-hydrogen) atoms. The molecule has 2 rings (SSSR count). The quantitative estimate of drug-likeness (QED) is 0.816. The molecule has 1 unspecified atom stereocenters. The highest BCUT2D eigenvalue weighted by atomic mass is 35.5. The third-order valence-corrected chi connectivity index (χ3v) is 3.08. The van der Waals surface area contributed by atoms with E-state index in [0.29, 0.717) is 31.1 Å². The first-order valence-corrected chi connectivity index (χ1v) is 6.10. The van der Waals surface area contributed by atoms with Gasteiger partial charge in [-0.1, -0.05) is 23.7 Å². The molecule has 1 aliphatic heterocycles. The summed E-state index contributed by atoms with van der Waals surface area (Å²) in [4.78, 5) is 13.7. The Morgan fingerprint density at radius 3 is 2.89 bits per heavy atom. The lowest BCUT2D eigenvalue weighted by molar-refractivity contribution is -0.136. The summed E-state index contributed by atoms with van der Waals surface area (Å²) in [6.45, 7) is 1.32. The molecule has 0 spiro atoms. The molecule has 5 heteroatoms. The molecule has 1 saturated heterocycles. The molecule has 0 aliphatic carbocycles. The molecule has 1 heterocycles. The number of morpholine rings is 1. The fraction of sp³-hybridized carbons (Fsp3) is 0.385. The van der Waals surface area contributed by atoms with Crippen molar-refractivity contribution in [3.05, 3.63) is 34.9 Å². The molecule has 94 valence electrons. The second-order valence-corrected chi connectivity index (χ2v) is 4.57. The van der Waals surface area contributed by atoms with E-state index in [1.165, 1.54) is 0 Å². The number of halogens is 1. The van der Waals surface area contributed by atoms with Crippen molar-refractivity contribution in [1.29, 1.82) is 5.26 Å². The van der Waals surface area contributed by atoms with Crippen molar-refractivity contribution in [3.8, 4) is 6.07 Å². The monoisotopic (exact) mass is 264 g/mol. The van der Waals surface area contributed by atoms with Crippen molar-refractivity contribution >= 4 is 17.5 Å². The van der Waals surface area contributed by atoms with Crippen molar-refractivity contribution in [2.75, 3.05) is 19.7 Å².